The molecule has 0 saturated heterocycles. The van der Waals surface area contributed by atoms with Crippen molar-refractivity contribution in [1.29, 1.82) is 0 Å². The van der Waals surface area contributed by atoms with Gasteiger partial charge in [0.05, 0.1) is 11.4 Å². The summed E-state index contributed by atoms with van der Waals surface area (Å²) in [5.74, 6) is -0.174. The Hall–Kier alpha value is -2.91. The van der Waals surface area contributed by atoms with E-state index in [2.05, 4.69) is 38.5 Å². The molecular weight excluding hydrogens is 563 g/mol. The second-order valence-corrected chi connectivity index (χ2v) is 10.1. The third-order valence-corrected chi connectivity index (χ3v) is 6.82. The lowest BCUT2D eigenvalue weighted by Gasteiger charge is -2.13. The van der Waals surface area contributed by atoms with Gasteiger partial charge in [-0.05, 0) is 77.4 Å². The van der Waals surface area contributed by atoms with E-state index in [0.717, 1.165) is 44.5 Å². The van der Waals surface area contributed by atoms with E-state index in [1.54, 1.807) is 0 Å². The van der Waals surface area contributed by atoms with Gasteiger partial charge in [0.25, 0.3) is 0 Å². The van der Waals surface area contributed by atoms with Crippen LogP contribution in [-0.2, 0) is 11.2 Å². The van der Waals surface area contributed by atoms with E-state index in [4.69, 9.17) is 16.6 Å². The van der Waals surface area contributed by atoms with Crippen LogP contribution in [0.2, 0.25) is 5.02 Å². The third-order valence-electron chi connectivity index (χ3n) is 5.78. The number of amides is 3. The topological polar surface area (TPSA) is 82.6 Å². The summed E-state index contributed by atoms with van der Waals surface area (Å²) < 4.78 is 1.04. The van der Waals surface area contributed by atoms with E-state index in [0.29, 0.717) is 23.2 Å². The maximum Gasteiger partial charge on any atom is 0.319 e. The van der Waals surface area contributed by atoms with Gasteiger partial charge >= 0.3 is 6.03 Å². The van der Waals surface area contributed by atoms with Crippen LogP contribution in [0.4, 0.5) is 16.2 Å². The summed E-state index contributed by atoms with van der Waals surface area (Å²) in [5.41, 5.74) is 4.72. The summed E-state index contributed by atoms with van der Waals surface area (Å²) in [6.07, 6.45) is 2.46. The molecule has 1 aliphatic carbocycles. The average Bonchev–Trinajstić information content (AvgIpc) is 3.64. The molecule has 1 unspecified atom stereocenters. The molecule has 3 amide bonds. The van der Waals surface area contributed by atoms with Crippen LogP contribution in [0.5, 0.6) is 0 Å². The van der Waals surface area contributed by atoms with Gasteiger partial charge in [-0.2, -0.15) is 0 Å². The Morgan fingerprint density at radius 1 is 1.09 bits per heavy atom. The third kappa shape index (κ3) is 5.26. The fraction of sp³-hybridized carbons (Fsp3) is 0.192. The lowest BCUT2D eigenvalue weighted by atomic mass is 10.00. The van der Waals surface area contributed by atoms with Gasteiger partial charge in [-0.1, -0.05) is 41.9 Å². The number of carbonyl (C=O) groups excluding carboxylic acids is 2. The fourth-order valence-electron chi connectivity index (χ4n) is 3.85. The monoisotopic (exact) mass is 584 g/mol. The molecule has 34 heavy (non-hydrogen) atoms. The smallest absolute Gasteiger partial charge is 0.319 e. The fourth-order valence-corrected chi connectivity index (χ4v) is 4.56. The first-order chi connectivity index (χ1) is 16.5. The summed E-state index contributed by atoms with van der Waals surface area (Å²) in [7, 11) is 0. The number of nitrogens with zero attached hydrogens (tertiary/aromatic N) is 1. The Morgan fingerprint density at radius 2 is 1.85 bits per heavy atom. The molecule has 3 N–H and O–H groups in total. The zero-order valence-corrected chi connectivity index (χ0v) is 21.1. The van der Waals surface area contributed by atoms with Gasteiger partial charge in [0.15, 0.2) is 0 Å². The van der Waals surface area contributed by atoms with Crippen LogP contribution in [0.3, 0.4) is 0 Å². The number of carbonyl (C=O) groups is 2. The van der Waals surface area contributed by atoms with Crippen molar-refractivity contribution in [2.24, 2.45) is 4.99 Å². The van der Waals surface area contributed by atoms with E-state index in [1.165, 1.54) is 0 Å². The van der Waals surface area contributed by atoms with Crippen LogP contribution >= 0.6 is 34.2 Å². The standard InChI is InChI=1S/C26H22ClIN4O2/c27-21-4-2-1-3-16(21)13-23-25(33)32-22-12-7-17(28)14-20(22)24(31-23)15-5-8-18(9-6-15)29-26(34)30-19-10-11-19/h1-9,12,14,19,23H,10-11,13H2,(H,32,33)(H2,29,30,34). The SMILES string of the molecule is O=C(Nc1ccc(C2=NC(Cc3ccccc3Cl)C(=O)Nc3ccc(I)cc32)cc1)NC1CC1. The van der Waals surface area contributed by atoms with Crippen molar-refractivity contribution in [3.05, 3.63) is 92.0 Å². The number of nitrogens with one attached hydrogen (secondary N) is 3. The number of urea groups is 1. The first kappa shape index (κ1) is 22.9. The van der Waals surface area contributed by atoms with Gasteiger partial charge in [-0.25, -0.2) is 4.79 Å². The lowest BCUT2D eigenvalue weighted by molar-refractivity contribution is -0.117. The molecule has 6 nitrogen and oxygen atoms in total. The van der Waals surface area contributed by atoms with Crippen LogP contribution < -0.4 is 16.0 Å². The summed E-state index contributed by atoms with van der Waals surface area (Å²) in [5, 5.41) is 9.43. The van der Waals surface area contributed by atoms with Crippen molar-refractivity contribution in [2.75, 3.05) is 10.6 Å². The molecule has 1 fully saturated rings. The van der Waals surface area contributed by atoms with Gasteiger partial charge in [0.2, 0.25) is 5.91 Å². The highest BCUT2D eigenvalue weighted by Crippen LogP contribution is 2.28. The van der Waals surface area contributed by atoms with Gasteiger partial charge in [-0.3, -0.25) is 9.79 Å². The number of benzene rings is 3. The molecular formula is C26H22ClIN4O2. The predicted octanol–water partition coefficient (Wildman–Crippen LogP) is 5.63. The molecule has 1 aliphatic heterocycles. The van der Waals surface area contributed by atoms with Crippen molar-refractivity contribution in [2.45, 2.75) is 31.3 Å². The molecule has 1 saturated carbocycles. The first-order valence-corrected chi connectivity index (χ1v) is 12.5. The zero-order chi connectivity index (χ0) is 23.7. The quantitative estimate of drug-likeness (QED) is 0.340. The molecule has 0 radical (unpaired) electrons. The summed E-state index contributed by atoms with van der Waals surface area (Å²) in [6, 6.07) is 20.4. The molecule has 8 heteroatoms. The Balaban J connectivity index is 1.48. The minimum atomic E-state index is -0.637. The normalized spacial score (nSPS) is 17.2. The highest BCUT2D eigenvalue weighted by atomic mass is 127. The number of rotatable bonds is 5. The molecule has 3 aromatic rings. The average molecular weight is 585 g/mol. The molecule has 0 spiro atoms. The van der Waals surface area contributed by atoms with Gasteiger partial charge < -0.3 is 16.0 Å². The minimum Gasteiger partial charge on any atom is -0.335 e. The summed E-state index contributed by atoms with van der Waals surface area (Å²) >= 11 is 8.62. The largest absolute Gasteiger partial charge is 0.335 e. The zero-order valence-electron chi connectivity index (χ0n) is 18.1. The molecule has 2 aliphatic rings. The maximum atomic E-state index is 13.1. The number of hydrogen-bond donors (Lipinski definition) is 3. The number of hydrogen-bond acceptors (Lipinski definition) is 3. The number of benzodiazepines with no additional fused rings is 1. The van der Waals surface area contributed by atoms with E-state index < -0.39 is 6.04 Å². The number of fused-ring (bicyclic) bond motifs is 1. The van der Waals surface area contributed by atoms with Crippen LogP contribution in [0.25, 0.3) is 0 Å². The Bertz CT molecular complexity index is 1290. The van der Waals surface area contributed by atoms with Gasteiger partial charge in [0.1, 0.15) is 6.04 Å². The number of halogens is 2. The van der Waals surface area contributed by atoms with Crippen molar-refractivity contribution >= 4 is 63.2 Å². The van der Waals surface area contributed by atoms with Crippen molar-refractivity contribution in [1.82, 2.24) is 5.32 Å². The molecule has 1 atom stereocenters. The van der Waals surface area contributed by atoms with E-state index in [-0.39, 0.29) is 11.9 Å². The highest BCUT2D eigenvalue weighted by molar-refractivity contribution is 14.1. The Labute approximate surface area is 216 Å². The second-order valence-electron chi connectivity index (χ2n) is 8.42. The molecule has 1 heterocycles. The number of aliphatic imine (C=N–C) groups is 1. The molecule has 172 valence electrons. The first-order valence-electron chi connectivity index (χ1n) is 11.1. The van der Waals surface area contributed by atoms with Crippen molar-refractivity contribution in [3.8, 4) is 0 Å². The summed E-state index contributed by atoms with van der Waals surface area (Å²) in [4.78, 5) is 30.1. The maximum absolute atomic E-state index is 13.1. The molecule has 0 bridgehead atoms. The summed E-state index contributed by atoms with van der Waals surface area (Å²) in [6.45, 7) is 0. The minimum absolute atomic E-state index is 0.174. The lowest BCUT2D eigenvalue weighted by Crippen LogP contribution is -2.30. The second kappa shape index (κ2) is 9.76. The Morgan fingerprint density at radius 3 is 2.59 bits per heavy atom. The van der Waals surface area contributed by atoms with Crippen LogP contribution in [-0.4, -0.2) is 29.7 Å². The van der Waals surface area contributed by atoms with E-state index in [1.807, 2.05) is 66.7 Å². The van der Waals surface area contributed by atoms with E-state index in [9.17, 15) is 9.59 Å². The predicted molar refractivity (Wildman–Crippen MR) is 144 cm³/mol. The van der Waals surface area contributed by atoms with Crippen LogP contribution in [0.15, 0.2) is 71.7 Å². The van der Waals surface area contributed by atoms with Crippen molar-refractivity contribution < 1.29 is 9.59 Å². The Kier molecular flexibility index (Phi) is 6.56. The van der Waals surface area contributed by atoms with Gasteiger partial charge in [-0.15, -0.1) is 0 Å². The molecule has 0 aromatic heterocycles. The van der Waals surface area contributed by atoms with Gasteiger partial charge in [0, 0.05) is 37.9 Å². The van der Waals surface area contributed by atoms with Crippen molar-refractivity contribution in [3.63, 3.8) is 0 Å². The van der Waals surface area contributed by atoms with E-state index >= 15 is 0 Å². The highest BCUT2D eigenvalue weighted by Gasteiger charge is 2.27. The molecule has 3 aromatic carbocycles. The van der Waals surface area contributed by atoms with Crippen LogP contribution in [0.1, 0.15) is 29.5 Å². The van der Waals surface area contributed by atoms with Crippen LogP contribution in [0, 0.1) is 3.57 Å². The number of anilines is 2. The molecule has 5 rings (SSSR count).